The third-order valence-electron chi connectivity index (χ3n) is 14.0. The number of carbonyl (C=O) groups excluding carboxylic acids is 3. The summed E-state index contributed by atoms with van der Waals surface area (Å²) in [5.74, 6) is -3.14. The van der Waals surface area contributed by atoms with Gasteiger partial charge in [-0.25, -0.2) is 4.79 Å². The SMILES string of the molecule is CC/C=C\C/C=C\C/C=C\CCCCCCCC(=O)OC1C(OCC(COC(=O)CCCCCCCCCCC/C=C\CCCCCCCC)OC(=O)CCCCCCC/C=C\CCCCCC)OC(C(=O)O)C(O)C1O. The molecule has 1 fully saturated rings. The van der Waals surface area contributed by atoms with E-state index >= 15 is 0 Å². The van der Waals surface area contributed by atoms with Gasteiger partial charge in [-0.1, -0.05) is 216 Å². The molecule has 0 aliphatic carbocycles. The van der Waals surface area contributed by atoms with Crippen molar-refractivity contribution in [2.45, 2.75) is 314 Å². The molecule has 3 N–H and O–H groups in total. The first kappa shape index (κ1) is 71.4. The summed E-state index contributed by atoms with van der Waals surface area (Å²) in [5.41, 5.74) is 0. The van der Waals surface area contributed by atoms with E-state index in [0.717, 1.165) is 109 Å². The maximum absolute atomic E-state index is 13.2. The highest BCUT2D eigenvalue weighted by Gasteiger charge is 2.50. The van der Waals surface area contributed by atoms with E-state index in [9.17, 15) is 34.5 Å². The van der Waals surface area contributed by atoms with Crippen LogP contribution in [0.2, 0.25) is 0 Å². The van der Waals surface area contributed by atoms with Gasteiger partial charge in [0.05, 0.1) is 6.61 Å². The highest BCUT2D eigenvalue weighted by molar-refractivity contribution is 5.74. The number of carboxylic acids is 1. The average molecular weight is 1090 g/mol. The van der Waals surface area contributed by atoms with Crippen LogP contribution < -0.4 is 0 Å². The summed E-state index contributed by atoms with van der Waals surface area (Å²) in [6.07, 6.45) is 53.3. The third-order valence-corrected chi connectivity index (χ3v) is 14.0. The van der Waals surface area contributed by atoms with E-state index in [4.69, 9.17) is 23.7 Å². The lowest BCUT2D eigenvalue weighted by Crippen LogP contribution is -2.61. The Bertz CT molecular complexity index is 1570. The second-order valence-electron chi connectivity index (χ2n) is 21.3. The number of hydrogen-bond acceptors (Lipinski definition) is 11. The number of rotatable bonds is 53. The minimum Gasteiger partial charge on any atom is -0.479 e. The summed E-state index contributed by atoms with van der Waals surface area (Å²) in [5, 5.41) is 31.5. The lowest BCUT2D eigenvalue weighted by atomic mass is 9.98. The van der Waals surface area contributed by atoms with Gasteiger partial charge in [-0.05, 0) is 103 Å². The van der Waals surface area contributed by atoms with Crippen LogP contribution in [0.5, 0.6) is 0 Å². The van der Waals surface area contributed by atoms with Gasteiger partial charge in [0, 0.05) is 19.3 Å². The van der Waals surface area contributed by atoms with Crippen molar-refractivity contribution in [2.75, 3.05) is 13.2 Å². The molecule has 444 valence electrons. The van der Waals surface area contributed by atoms with E-state index in [-0.39, 0.29) is 25.9 Å². The third kappa shape index (κ3) is 43.0. The van der Waals surface area contributed by atoms with Gasteiger partial charge in [-0.3, -0.25) is 14.4 Å². The minimum absolute atomic E-state index is 0.0399. The smallest absolute Gasteiger partial charge is 0.335 e. The Morgan fingerprint density at radius 3 is 1.27 bits per heavy atom. The molecule has 0 aromatic heterocycles. The number of aliphatic hydroxyl groups excluding tert-OH is 2. The first-order chi connectivity index (χ1) is 37.6. The number of aliphatic hydroxyl groups is 2. The molecule has 0 amide bonds. The number of allylic oxidation sites excluding steroid dienone is 10. The number of carboxylic acid groups (broad SMARTS) is 1. The summed E-state index contributed by atoms with van der Waals surface area (Å²) >= 11 is 0. The zero-order chi connectivity index (χ0) is 56.1. The quantitative estimate of drug-likeness (QED) is 0.0228. The van der Waals surface area contributed by atoms with Gasteiger partial charge < -0.3 is 39.0 Å². The molecule has 1 aliphatic heterocycles. The molecule has 6 atom stereocenters. The largest absolute Gasteiger partial charge is 0.479 e. The first-order valence-corrected chi connectivity index (χ1v) is 31.3. The maximum atomic E-state index is 13.2. The highest BCUT2D eigenvalue weighted by atomic mass is 16.7. The van der Waals surface area contributed by atoms with Gasteiger partial charge in [0.25, 0.3) is 0 Å². The van der Waals surface area contributed by atoms with Crippen molar-refractivity contribution in [3.63, 3.8) is 0 Å². The van der Waals surface area contributed by atoms with Crippen LogP contribution in [0.1, 0.15) is 278 Å². The molecule has 1 rings (SSSR count). The molecule has 12 heteroatoms. The van der Waals surface area contributed by atoms with Gasteiger partial charge in [0.15, 0.2) is 24.6 Å². The molecule has 77 heavy (non-hydrogen) atoms. The molecule has 0 aromatic carbocycles. The number of carbonyl (C=O) groups is 4. The fraction of sp³-hybridized carbons (Fsp3) is 0.785. The highest BCUT2D eigenvalue weighted by Crippen LogP contribution is 2.26. The van der Waals surface area contributed by atoms with Crippen molar-refractivity contribution < 1.29 is 58.2 Å². The molecule has 0 bridgehead atoms. The molecule has 12 nitrogen and oxygen atoms in total. The standard InChI is InChI=1S/C65H112O12/c1-4-7-10-13-16-19-22-25-27-28-29-30-32-34-36-39-42-45-48-51-57(66)73-54-56(75-58(67)52-49-46-43-40-37-33-24-21-18-15-12-9-6-3)55-74-65-63(61(70)60(69)62(77-65)64(71)72)76-59(68)53-50-47-44-41-38-35-31-26-23-20-17-14-11-8-5-2/h8,11,17,20-21,24-27,31,56,60-63,65,69-70H,4-7,9-10,12-16,18-19,22-23,28-30,32-55H2,1-3H3,(H,71,72)/b11-8-,20-17-,24-21-,27-25-,31-26-. The summed E-state index contributed by atoms with van der Waals surface area (Å²) < 4.78 is 28.5. The van der Waals surface area contributed by atoms with Crippen LogP contribution in [-0.4, -0.2) is 89.2 Å². The molecule has 0 radical (unpaired) electrons. The number of esters is 3. The van der Waals surface area contributed by atoms with Crippen LogP contribution in [-0.2, 0) is 42.9 Å². The Labute approximate surface area is 468 Å². The number of hydrogen-bond donors (Lipinski definition) is 3. The van der Waals surface area contributed by atoms with E-state index < -0.39 is 67.3 Å². The average Bonchev–Trinajstić information content (AvgIpc) is 3.42. The number of unbranched alkanes of at least 4 members (excludes halogenated alkanes) is 29. The van der Waals surface area contributed by atoms with Crippen molar-refractivity contribution in [1.29, 1.82) is 0 Å². The first-order valence-electron chi connectivity index (χ1n) is 31.3. The van der Waals surface area contributed by atoms with Crippen molar-refractivity contribution in [3.05, 3.63) is 60.8 Å². The zero-order valence-electron chi connectivity index (χ0n) is 49.0. The van der Waals surface area contributed by atoms with Gasteiger partial charge in [-0.15, -0.1) is 0 Å². The second kappa shape index (κ2) is 53.1. The van der Waals surface area contributed by atoms with Crippen LogP contribution >= 0.6 is 0 Å². The van der Waals surface area contributed by atoms with Gasteiger partial charge in [0.1, 0.15) is 18.8 Å². The molecular formula is C65H112O12. The summed E-state index contributed by atoms with van der Waals surface area (Å²) in [4.78, 5) is 51.2. The molecule has 1 heterocycles. The van der Waals surface area contributed by atoms with E-state index in [1.165, 1.54) is 109 Å². The summed E-state index contributed by atoms with van der Waals surface area (Å²) in [7, 11) is 0. The van der Waals surface area contributed by atoms with Crippen molar-refractivity contribution in [3.8, 4) is 0 Å². The predicted molar refractivity (Wildman–Crippen MR) is 312 cm³/mol. The Kier molecular flexibility index (Phi) is 49.2. The van der Waals surface area contributed by atoms with Crippen molar-refractivity contribution in [1.82, 2.24) is 0 Å². The van der Waals surface area contributed by atoms with Crippen molar-refractivity contribution in [2.24, 2.45) is 0 Å². The van der Waals surface area contributed by atoms with Crippen molar-refractivity contribution >= 4 is 23.9 Å². The van der Waals surface area contributed by atoms with Gasteiger partial charge >= 0.3 is 23.9 Å². The van der Waals surface area contributed by atoms with E-state index in [1.807, 2.05) is 0 Å². The number of aliphatic carboxylic acids is 1. The number of ether oxygens (including phenoxy) is 5. The lowest BCUT2D eigenvalue weighted by molar-refractivity contribution is -0.301. The Hall–Kier alpha value is -3.58. The molecule has 1 aliphatic rings. The Morgan fingerprint density at radius 2 is 0.818 bits per heavy atom. The van der Waals surface area contributed by atoms with Crippen LogP contribution in [0.25, 0.3) is 0 Å². The normalized spacial score (nSPS) is 18.4. The van der Waals surface area contributed by atoms with Crippen LogP contribution in [0.4, 0.5) is 0 Å². The molecule has 6 unspecified atom stereocenters. The van der Waals surface area contributed by atoms with Gasteiger partial charge in [0.2, 0.25) is 0 Å². The fourth-order valence-corrected chi connectivity index (χ4v) is 9.25. The van der Waals surface area contributed by atoms with Gasteiger partial charge in [-0.2, -0.15) is 0 Å². The summed E-state index contributed by atoms with van der Waals surface area (Å²) in [6.45, 7) is 5.87. The maximum Gasteiger partial charge on any atom is 0.335 e. The molecule has 0 saturated carbocycles. The second-order valence-corrected chi connectivity index (χ2v) is 21.3. The van der Waals surface area contributed by atoms with Crippen LogP contribution in [0, 0.1) is 0 Å². The topological polar surface area (TPSA) is 175 Å². The van der Waals surface area contributed by atoms with Crippen LogP contribution in [0.3, 0.4) is 0 Å². The van der Waals surface area contributed by atoms with E-state index in [0.29, 0.717) is 19.3 Å². The molecule has 0 spiro atoms. The van der Waals surface area contributed by atoms with E-state index in [1.54, 1.807) is 0 Å². The Balaban J connectivity index is 2.66. The minimum atomic E-state index is -1.91. The predicted octanol–water partition coefficient (Wildman–Crippen LogP) is 16.3. The van der Waals surface area contributed by atoms with Crippen LogP contribution in [0.15, 0.2) is 60.8 Å². The summed E-state index contributed by atoms with van der Waals surface area (Å²) in [6, 6.07) is 0. The zero-order valence-corrected chi connectivity index (χ0v) is 49.0. The molecule has 1 saturated heterocycles. The Morgan fingerprint density at radius 1 is 0.442 bits per heavy atom. The van der Waals surface area contributed by atoms with E-state index in [2.05, 4.69) is 81.5 Å². The molecule has 0 aromatic rings. The lowest BCUT2D eigenvalue weighted by Gasteiger charge is -2.40. The monoisotopic (exact) mass is 1080 g/mol. The molecular weight excluding hydrogens is 973 g/mol. The fourth-order valence-electron chi connectivity index (χ4n) is 9.25.